The molecule has 0 radical (unpaired) electrons. The van der Waals surface area contributed by atoms with Crippen LogP contribution in [-0.2, 0) is 4.79 Å². The maximum absolute atomic E-state index is 12.1. The van der Waals surface area contributed by atoms with Crippen LogP contribution in [0.2, 0.25) is 0 Å². The summed E-state index contributed by atoms with van der Waals surface area (Å²) in [6.07, 6.45) is 0. The quantitative estimate of drug-likeness (QED) is 0.691. The molecule has 1 rings (SSSR count). The van der Waals surface area contributed by atoms with E-state index in [1.54, 1.807) is 0 Å². The van der Waals surface area contributed by atoms with Gasteiger partial charge in [-0.05, 0) is 13.8 Å². The van der Waals surface area contributed by atoms with Gasteiger partial charge in [0.25, 0.3) is 0 Å². The van der Waals surface area contributed by atoms with Crippen LogP contribution in [0, 0.1) is 0 Å². The van der Waals surface area contributed by atoms with E-state index in [0.29, 0.717) is 12.3 Å². The Kier molecular flexibility index (Phi) is 9.21. The van der Waals surface area contributed by atoms with Crippen molar-refractivity contribution < 1.29 is 9.69 Å². The average Bonchev–Trinajstić information content (AvgIpc) is 2.55. The summed E-state index contributed by atoms with van der Waals surface area (Å²) in [4.78, 5) is 15.5. The van der Waals surface area contributed by atoms with E-state index < -0.39 is 0 Å². The summed E-state index contributed by atoms with van der Waals surface area (Å²) in [5.74, 6) is 0.409. The topological polar surface area (TPSA) is 36.8 Å². The molecule has 0 heterocycles. The zero-order valence-corrected chi connectivity index (χ0v) is 16.1. The maximum atomic E-state index is 12.1. The number of thioether (sulfide) groups is 1. The summed E-state index contributed by atoms with van der Waals surface area (Å²) >= 11 is 6.79. The van der Waals surface area contributed by atoms with Gasteiger partial charge in [-0.25, -0.2) is 0 Å². The molecule has 128 valence electrons. The lowest BCUT2D eigenvalue weighted by atomic mass is 10.1. The van der Waals surface area contributed by atoms with E-state index in [1.165, 1.54) is 22.2 Å². The summed E-state index contributed by atoms with van der Waals surface area (Å²) in [7, 11) is 4.21. The molecule has 6 heteroatoms. The molecule has 1 aromatic carbocycles. The lowest BCUT2D eigenvalue weighted by Crippen LogP contribution is -3.07. The smallest absolute Gasteiger partial charge is 0.230 e. The zero-order valence-electron chi connectivity index (χ0n) is 14.5. The average molecular weight is 355 g/mol. The van der Waals surface area contributed by atoms with E-state index in [2.05, 4.69) is 50.3 Å². The Morgan fingerprint density at radius 1 is 1.26 bits per heavy atom. The molecule has 1 aromatic rings. The van der Waals surface area contributed by atoms with E-state index >= 15 is 0 Å². The fraction of sp³-hybridized carbons (Fsp3) is 0.529. The van der Waals surface area contributed by atoms with Crippen molar-refractivity contribution >= 4 is 34.2 Å². The highest BCUT2D eigenvalue weighted by Crippen LogP contribution is 2.10. The third kappa shape index (κ3) is 6.89. The first kappa shape index (κ1) is 19.9. The molecule has 0 fully saturated rings. The Morgan fingerprint density at radius 2 is 1.87 bits per heavy atom. The van der Waals surface area contributed by atoms with Crippen molar-refractivity contribution in [2.75, 3.05) is 39.5 Å². The van der Waals surface area contributed by atoms with Gasteiger partial charge in [-0.1, -0.05) is 54.3 Å². The molecule has 0 unspecified atom stereocenters. The molecule has 0 aromatic heterocycles. The van der Waals surface area contributed by atoms with Crippen LogP contribution < -0.4 is 10.2 Å². The predicted molar refractivity (Wildman–Crippen MR) is 103 cm³/mol. The first-order chi connectivity index (χ1) is 11.0. The van der Waals surface area contributed by atoms with Crippen molar-refractivity contribution in [3.05, 3.63) is 35.9 Å². The lowest BCUT2D eigenvalue weighted by molar-refractivity contribution is -0.890. The second kappa shape index (κ2) is 10.6. The molecule has 0 saturated heterocycles. The number of benzene rings is 1. The molecule has 0 spiro atoms. The first-order valence-electron chi connectivity index (χ1n) is 8.02. The number of likely N-dealkylation sites (N-methyl/N-ethyl adjacent to an activating group) is 1. The molecule has 1 atom stereocenters. The van der Waals surface area contributed by atoms with Crippen molar-refractivity contribution in [1.82, 2.24) is 10.2 Å². The van der Waals surface area contributed by atoms with Crippen molar-refractivity contribution in [2.24, 2.45) is 0 Å². The molecule has 4 nitrogen and oxygen atoms in total. The molecule has 0 bridgehead atoms. The predicted octanol–water partition coefficient (Wildman–Crippen LogP) is 1.35. The minimum Gasteiger partial charge on any atom is -0.358 e. The van der Waals surface area contributed by atoms with E-state index in [9.17, 15) is 4.79 Å². The van der Waals surface area contributed by atoms with E-state index in [4.69, 9.17) is 12.2 Å². The van der Waals surface area contributed by atoms with Gasteiger partial charge in [0, 0.05) is 18.7 Å². The van der Waals surface area contributed by atoms with Crippen molar-refractivity contribution in [3.8, 4) is 0 Å². The minimum atomic E-state index is 0.0340. The highest BCUT2D eigenvalue weighted by atomic mass is 32.2. The number of amides is 1. The van der Waals surface area contributed by atoms with E-state index in [1.807, 2.05) is 18.2 Å². The number of thiocarbonyl (C=S) groups is 1. The number of hydrogen-bond acceptors (Lipinski definition) is 3. The number of carbonyl (C=O) groups excluding carboxylic acids is 1. The van der Waals surface area contributed by atoms with Crippen molar-refractivity contribution in [2.45, 2.75) is 19.9 Å². The van der Waals surface area contributed by atoms with Crippen molar-refractivity contribution in [3.63, 3.8) is 0 Å². The molecule has 2 N–H and O–H groups in total. The Bertz CT molecular complexity index is 490. The maximum Gasteiger partial charge on any atom is 0.230 e. The molecule has 0 saturated carbocycles. The van der Waals surface area contributed by atoms with E-state index in [0.717, 1.165) is 17.4 Å². The van der Waals surface area contributed by atoms with Gasteiger partial charge < -0.3 is 15.1 Å². The number of nitrogens with zero attached hydrogens (tertiary/aromatic N) is 1. The Labute approximate surface area is 149 Å². The van der Waals surface area contributed by atoms with Crippen LogP contribution in [0.15, 0.2) is 30.3 Å². The van der Waals surface area contributed by atoms with Crippen LogP contribution in [0.3, 0.4) is 0 Å². The van der Waals surface area contributed by atoms with Gasteiger partial charge in [-0.3, -0.25) is 4.79 Å². The lowest BCUT2D eigenvalue weighted by Gasteiger charge is -2.23. The normalized spacial score (nSPS) is 12.0. The Hall–Kier alpha value is -1.11. The number of rotatable bonds is 8. The summed E-state index contributed by atoms with van der Waals surface area (Å²) in [5, 5.41) is 3.03. The number of carbonyl (C=O) groups is 1. The van der Waals surface area contributed by atoms with Gasteiger partial charge in [0.05, 0.1) is 26.4 Å². The number of quaternary nitrogens is 1. The molecular formula is C17H28N3OS2+. The first-order valence-corrected chi connectivity index (χ1v) is 9.42. The van der Waals surface area contributed by atoms with Crippen LogP contribution >= 0.6 is 24.0 Å². The highest BCUT2D eigenvalue weighted by Gasteiger charge is 2.18. The van der Waals surface area contributed by atoms with Crippen molar-refractivity contribution in [1.29, 1.82) is 0 Å². The monoisotopic (exact) mass is 354 g/mol. The van der Waals surface area contributed by atoms with Crippen LogP contribution in [0.5, 0.6) is 0 Å². The van der Waals surface area contributed by atoms with Gasteiger partial charge in [0.1, 0.15) is 10.4 Å². The standard InChI is InChI=1S/C17H27N3OS2/c1-5-20(6-2)17(22)23-13-16(21)18-12-15(19(3)4)14-10-8-7-9-11-14/h7-11,15H,5-6,12-13H2,1-4H3,(H,18,21)/p+1/t15-/m1/s1. The molecule has 0 aliphatic carbocycles. The third-order valence-corrected chi connectivity index (χ3v) is 5.27. The number of hydrogen-bond donors (Lipinski definition) is 2. The summed E-state index contributed by atoms with van der Waals surface area (Å²) in [6.45, 7) is 6.53. The van der Waals surface area contributed by atoms with Gasteiger partial charge in [-0.2, -0.15) is 0 Å². The van der Waals surface area contributed by atoms with Crippen LogP contribution in [0.1, 0.15) is 25.5 Å². The summed E-state index contributed by atoms with van der Waals surface area (Å²) < 4.78 is 0.794. The Balaban J connectivity index is 2.46. The molecule has 1 amide bonds. The fourth-order valence-electron chi connectivity index (χ4n) is 2.31. The van der Waals surface area contributed by atoms with Gasteiger partial charge in [0.15, 0.2) is 0 Å². The summed E-state index contributed by atoms with van der Waals surface area (Å²) in [6, 6.07) is 10.5. The SMILES string of the molecule is CCN(CC)C(=S)SCC(=O)NC[C@H](c1ccccc1)[NH+](C)C. The Morgan fingerprint density at radius 3 is 2.39 bits per heavy atom. The zero-order chi connectivity index (χ0) is 17.2. The highest BCUT2D eigenvalue weighted by molar-refractivity contribution is 8.23. The van der Waals surface area contributed by atoms with Gasteiger partial charge >= 0.3 is 0 Å². The third-order valence-electron chi connectivity index (χ3n) is 3.75. The molecule has 0 aliphatic rings. The second-order valence-electron chi connectivity index (χ2n) is 5.57. The fourth-order valence-corrected chi connectivity index (χ4v) is 3.54. The minimum absolute atomic E-state index is 0.0340. The van der Waals surface area contributed by atoms with Crippen LogP contribution in [0.4, 0.5) is 0 Å². The van der Waals surface area contributed by atoms with Gasteiger partial charge in [-0.15, -0.1) is 0 Å². The van der Waals surface area contributed by atoms with Crippen LogP contribution in [0.25, 0.3) is 0 Å². The number of nitrogens with one attached hydrogen (secondary N) is 2. The van der Waals surface area contributed by atoms with Gasteiger partial charge in [0.2, 0.25) is 5.91 Å². The largest absolute Gasteiger partial charge is 0.358 e. The summed E-state index contributed by atoms with van der Waals surface area (Å²) in [5.41, 5.74) is 1.24. The molecule has 23 heavy (non-hydrogen) atoms. The van der Waals surface area contributed by atoms with E-state index in [-0.39, 0.29) is 11.9 Å². The van der Waals surface area contributed by atoms with Crippen LogP contribution in [-0.4, -0.2) is 54.6 Å². The second-order valence-corrected chi connectivity index (χ2v) is 7.18. The molecule has 0 aliphatic heterocycles. The molecular weight excluding hydrogens is 326 g/mol.